The van der Waals surface area contributed by atoms with Crippen molar-refractivity contribution in [3.63, 3.8) is 0 Å². The predicted molar refractivity (Wildman–Crippen MR) is 133 cm³/mol. The monoisotopic (exact) mass is 470 g/mol. The zero-order valence-corrected chi connectivity index (χ0v) is 20.8. The molecule has 1 aromatic carbocycles. The molecule has 2 aromatic rings. The van der Waals surface area contributed by atoms with E-state index in [-0.39, 0.29) is 11.3 Å². The first kappa shape index (κ1) is 25.0. The second-order valence-electron chi connectivity index (χ2n) is 8.22. The van der Waals surface area contributed by atoms with E-state index in [1.807, 2.05) is 36.6 Å². The van der Waals surface area contributed by atoms with Gasteiger partial charge < -0.3 is 19.6 Å². The Labute approximate surface area is 200 Å². The van der Waals surface area contributed by atoms with Crippen LogP contribution in [0.4, 0.5) is 0 Å². The topological polar surface area (TPSA) is 70.1 Å². The molecular weight excluding hydrogens is 436 g/mol. The molecule has 0 aliphatic carbocycles. The Bertz CT molecular complexity index is 996. The maximum Gasteiger partial charge on any atom is 0.295 e. The van der Waals surface area contributed by atoms with Gasteiger partial charge in [0.05, 0.1) is 18.2 Å². The van der Waals surface area contributed by atoms with Gasteiger partial charge in [0.15, 0.2) is 0 Å². The number of likely N-dealkylation sites (N-methyl/N-ethyl adjacent to an activating group) is 1. The number of unbranched alkanes of at least 4 members (excludes halogenated alkanes) is 1. The number of hydrogen-bond acceptors (Lipinski definition) is 6. The Balaban J connectivity index is 1.97. The van der Waals surface area contributed by atoms with Crippen molar-refractivity contribution in [3.8, 4) is 5.75 Å². The van der Waals surface area contributed by atoms with Crippen LogP contribution in [-0.4, -0.2) is 59.4 Å². The number of aryl methyl sites for hydroxylation is 1. The summed E-state index contributed by atoms with van der Waals surface area (Å²) in [5.74, 6) is -0.570. The van der Waals surface area contributed by atoms with Gasteiger partial charge in [-0.1, -0.05) is 33.3 Å². The van der Waals surface area contributed by atoms with E-state index in [2.05, 4.69) is 25.7 Å². The quantitative estimate of drug-likeness (QED) is 0.217. The number of rotatable bonds is 11. The summed E-state index contributed by atoms with van der Waals surface area (Å²) in [6, 6.07) is 8.60. The summed E-state index contributed by atoms with van der Waals surface area (Å²) < 4.78 is 5.82. The Morgan fingerprint density at radius 2 is 1.94 bits per heavy atom. The van der Waals surface area contributed by atoms with Crippen LogP contribution in [0.2, 0.25) is 0 Å². The number of aliphatic hydroxyl groups is 1. The third-order valence-electron chi connectivity index (χ3n) is 6.11. The fourth-order valence-electron chi connectivity index (χ4n) is 4.08. The number of ether oxygens (including phenoxy) is 1. The van der Waals surface area contributed by atoms with E-state index in [0.717, 1.165) is 42.1 Å². The first-order chi connectivity index (χ1) is 15.9. The molecule has 1 saturated heterocycles. The minimum atomic E-state index is -0.633. The predicted octanol–water partition coefficient (Wildman–Crippen LogP) is 5.00. The normalized spacial score (nSPS) is 17.8. The third-order valence-corrected chi connectivity index (χ3v) is 7.03. The fourth-order valence-corrected chi connectivity index (χ4v) is 4.93. The van der Waals surface area contributed by atoms with E-state index in [4.69, 9.17) is 4.74 Å². The molecule has 2 heterocycles. The van der Waals surface area contributed by atoms with Gasteiger partial charge in [-0.2, -0.15) is 0 Å². The number of nitrogens with zero attached hydrogens (tertiary/aromatic N) is 2. The summed E-state index contributed by atoms with van der Waals surface area (Å²) in [5, 5.41) is 13.2. The molecule has 1 aromatic heterocycles. The summed E-state index contributed by atoms with van der Waals surface area (Å²) in [4.78, 5) is 30.8. The van der Waals surface area contributed by atoms with E-state index >= 15 is 0 Å². The fraction of sp³-hybridized carbons (Fsp3) is 0.462. The van der Waals surface area contributed by atoms with Crippen LogP contribution in [0.1, 0.15) is 55.7 Å². The molecule has 3 rings (SSSR count). The van der Waals surface area contributed by atoms with Crippen LogP contribution in [0.3, 0.4) is 0 Å². The molecular formula is C26H34N2O4S. The Kier molecular flexibility index (Phi) is 8.69. The smallest absolute Gasteiger partial charge is 0.295 e. The van der Waals surface area contributed by atoms with E-state index in [0.29, 0.717) is 25.3 Å². The molecule has 0 bridgehead atoms. The van der Waals surface area contributed by atoms with Crippen molar-refractivity contribution in [2.45, 2.75) is 46.6 Å². The molecule has 1 N–H and O–H groups in total. The maximum atomic E-state index is 13.1. The second-order valence-corrected chi connectivity index (χ2v) is 9.20. The van der Waals surface area contributed by atoms with Gasteiger partial charge in [-0.05, 0) is 61.6 Å². The lowest BCUT2D eigenvalue weighted by Crippen LogP contribution is -2.37. The first-order valence-electron chi connectivity index (χ1n) is 11.7. The van der Waals surface area contributed by atoms with Gasteiger partial charge >= 0.3 is 0 Å². The molecule has 1 aliphatic rings. The molecule has 0 saturated carbocycles. The lowest BCUT2D eigenvalue weighted by molar-refractivity contribution is -0.140. The molecule has 1 atom stereocenters. The average molecular weight is 471 g/mol. The summed E-state index contributed by atoms with van der Waals surface area (Å²) in [5.41, 5.74) is 1.54. The number of ketones is 1. The van der Waals surface area contributed by atoms with E-state index < -0.39 is 17.7 Å². The van der Waals surface area contributed by atoms with Gasteiger partial charge in [0.2, 0.25) is 0 Å². The minimum absolute atomic E-state index is 0.139. The number of amides is 1. The van der Waals surface area contributed by atoms with Gasteiger partial charge in [0.25, 0.3) is 11.7 Å². The molecule has 6 nitrogen and oxygen atoms in total. The van der Waals surface area contributed by atoms with Crippen molar-refractivity contribution in [3.05, 3.63) is 57.3 Å². The highest BCUT2D eigenvalue weighted by Crippen LogP contribution is 2.41. The third kappa shape index (κ3) is 5.47. The number of likely N-dealkylation sites (tertiary alicyclic amines) is 1. The SMILES string of the molecule is CCCCOc1ccc(/C(O)=C2\C(=O)C(=O)N(CCN(CC)CC)[C@H]2c2cccs2)cc1C. The summed E-state index contributed by atoms with van der Waals surface area (Å²) >= 11 is 1.48. The van der Waals surface area contributed by atoms with Crippen LogP contribution in [0.5, 0.6) is 5.75 Å². The highest BCUT2D eigenvalue weighted by Gasteiger charge is 2.46. The van der Waals surface area contributed by atoms with Crippen molar-refractivity contribution in [1.82, 2.24) is 9.80 Å². The van der Waals surface area contributed by atoms with Crippen LogP contribution in [0.15, 0.2) is 41.3 Å². The molecule has 7 heteroatoms. The highest BCUT2D eigenvalue weighted by molar-refractivity contribution is 7.10. The molecule has 178 valence electrons. The first-order valence-corrected chi connectivity index (χ1v) is 12.6. The van der Waals surface area contributed by atoms with Crippen molar-refractivity contribution in [1.29, 1.82) is 0 Å². The average Bonchev–Trinajstić information content (AvgIpc) is 3.43. The summed E-state index contributed by atoms with van der Waals surface area (Å²) in [6.07, 6.45) is 2.02. The van der Waals surface area contributed by atoms with Crippen molar-refractivity contribution in [2.24, 2.45) is 0 Å². The molecule has 0 unspecified atom stereocenters. The second kappa shape index (κ2) is 11.5. The minimum Gasteiger partial charge on any atom is -0.507 e. The number of hydrogen-bond donors (Lipinski definition) is 1. The van der Waals surface area contributed by atoms with Crippen LogP contribution < -0.4 is 4.74 Å². The van der Waals surface area contributed by atoms with Gasteiger partial charge in [-0.15, -0.1) is 11.3 Å². The number of Topliss-reactive ketones (excluding diaryl/α,β-unsaturated/α-hetero) is 1. The lowest BCUT2D eigenvalue weighted by atomic mass is 9.98. The van der Waals surface area contributed by atoms with Gasteiger partial charge in [0, 0.05) is 23.5 Å². The molecule has 1 fully saturated rings. The van der Waals surface area contributed by atoms with Gasteiger partial charge in [0.1, 0.15) is 11.5 Å². The van der Waals surface area contributed by atoms with E-state index in [1.165, 1.54) is 11.3 Å². The van der Waals surface area contributed by atoms with Crippen molar-refractivity contribution < 1.29 is 19.4 Å². The van der Waals surface area contributed by atoms with Crippen molar-refractivity contribution >= 4 is 28.8 Å². The molecule has 0 spiro atoms. The van der Waals surface area contributed by atoms with Crippen molar-refractivity contribution in [2.75, 3.05) is 32.8 Å². The Morgan fingerprint density at radius 3 is 2.55 bits per heavy atom. The number of aliphatic hydroxyl groups excluding tert-OH is 1. The van der Waals surface area contributed by atoms with E-state index in [1.54, 1.807) is 11.0 Å². The van der Waals surface area contributed by atoms with Crippen LogP contribution in [0.25, 0.3) is 5.76 Å². The van der Waals surface area contributed by atoms with Crippen LogP contribution in [-0.2, 0) is 9.59 Å². The van der Waals surface area contributed by atoms with Gasteiger partial charge in [-0.3, -0.25) is 9.59 Å². The molecule has 33 heavy (non-hydrogen) atoms. The number of carbonyl (C=O) groups is 2. The zero-order valence-electron chi connectivity index (χ0n) is 20.0. The van der Waals surface area contributed by atoms with Crippen LogP contribution in [0, 0.1) is 6.92 Å². The standard InChI is InChI=1S/C26H34N2O4S/c1-5-8-15-32-20-12-11-19(17-18(20)4)24(29)22-23(21-10-9-16-33-21)28(26(31)25(22)30)14-13-27(6-2)7-3/h9-12,16-17,23,29H,5-8,13-15H2,1-4H3/b24-22+/t23-/m0/s1. The lowest BCUT2D eigenvalue weighted by Gasteiger charge is -2.27. The molecule has 0 radical (unpaired) electrons. The Morgan fingerprint density at radius 1 is 1.18 bits per heavy atom. The van der Waals surface area contributed by atoms with E-state index in [9.17, 15) is 14.7 Å². The van der Waals surface area contributed by atoms with Gasteiger partial charge in [-0.25, -0.2) is 0 Å². The number of carbonyl (C=O) groups excluding carboxylic acids is 2. The summed E-state index contributed by atoms with van der Waals surface area (Å²) in [7, 11) is 0. The number of thiophene rings is 1. The highest BCUT2D eigenvalue weighted by atomic mass is 32.1. The Hall–Kier alpha value is -2.64. The zero-order chi connectivity index (χ0) is 24.0. The molecule has 1 amide bonds. The largest absolute Gasteiger partial charge is 0.507 e. The number of benzene rings is 1. The van der Waals surface area contributed by atoms with Crippen LogP contribution >= 0.6 is 11.3 Å². The maximum absolute atomic E-state index is 13.1. The molecule has 1 aliphatic heterocycles. The summed E-state index contributed by atoms with van der Waals surface area (Å²) in [6.45, 7) is 11.7.